The second-order valence-electron chi connectivity index (χ2n) is 8.36. The first-order chi connectivity index (χ1) is 16.7. The number of carbonyl (C=O) groups is 3. The van der Waals surface area contributed by atoms with Crippen molar-refractivity contribution in [2.75, 3.05) is 5.32 Å². The number of aryl methyl sites for hydroxylation is 2. The van der Waals surface area contributed by atoms with E-state index >= 15 is 0 Å². The lowest BCUT2D eigenvalue weighted by Gasteiger charge is -2.16. The molecule has 0 radical (unpaired) electrons. The molecule has 1 heterocycles. The molecular formula is C27H23Cl2N3O3. The van der Waals surface area contributed by atoms with E-state index in [2.05, 4.69) is 10.6 Å². The first kappa shape index (κ1) is 24.5. The predicted molar refractivity (Wildman–Crippen MR) is 137 cm³/mol. The van der Waals surface area contributed by atoms with Crippen LogP contribution in [0.5, 0.6) is 0 Å². The van der Waals surface area contributed by atoms with Gasteiger partial charge < -0.3 is 10.6 Å². The lowest BCUT2D eigenvalue weighted by atomic mass is 10.1. The lowest BCUT2D eigenvalue weighted by molar-refractivity contribution is -0.138. The van der Waals surface area contributed by atoms with Crippen molar-refractivity contribution >= 4 is 46.6 Å². The van der Waals surface area contributed by atoms with E-state index in [9.17, 15) is 14.4 Å². The summed E-state index contributed by atoms with van der Waals surface area (Å²) >= 11 is 12.3. The Morgan fingerprint density at radius 3 is 2.20 bits per heavy atom. The van der Waals surface area contributed by atoms with Crippen LogP contribution >= 0.6 is 23.2 Å². The van der Waals surface area contributed by atoms with Gasteiger partial charge >= 0.3 is 0 Å². The molecule has 178 valence electrons. The van der Waals surface area contributed by atoms with Crippen LogP contribution in [-0.4, -0.2) is 22.6 Å². The number of rotatable bonds is 7. The van der Waals surface area contributed by atoms with Crippen LogP contribution in [0.2, 0.25) is 5.02 Å². The van der Waals surface area contributed by atoms with Gasteiger partial charge in [-0.3, -0.25) is 19.3 Å². The quantitative estimate of drug-likeness (QED) is 0.424. The van der Waals surface area contributed by atoms with Crippen LogP contribution in [0.3, 0.4) is 0 Å². The molecule has 35 heavy (non-hydrogen) atoms. The summed E-state index contributed by atoms with van der Waals surface area (Å²) in [4.78, 5) is 39.0. The number of amides is 3. The topological polar surface area (TPSA) is 78.5 Å². The second-order valence-corrected chi connectivity index (χ2v) is 9.14. The van der Waals surface area contributed by atoms with Crippen molar-refractivity contribution in [3.63, 3.8) is 0 Å². The third kappa shape index (κ3) is 5.56. The molecule has 0 unspecified atom stereocenters. The molecule has 4 rings (SSSR count). The van der Waals surface area contributed by atoms with Crippen molar-refractivity contribution in [1.29, 1.82) is 0 Å². The molecule has 8 heteroatoms. The van der Waals surface area contributed by atoms with Crippen molar-refractivity contribution in [3.8, 4) is 0 Å². The standard InChI is InChI=1S/C27H23Cl2N3O3/c1-16-11-17(2)13-21(12-16)31-25(33)19-9-7-18(8-10-19)14-30-24-23(29)26(34)32(27(24)35)15-20-5-3-4-6-22(20)28/h3-13,30H,14-15H2,1-2H3,(H,31,33). The maximum atomic E-state index is 12.8. The number of benzene rings is 3. The van der Waals surface area contributed by atoms with Crippen LogP contribution in [0, 0.1) is 13.8 Å². The first-order valence-corrected chi connectivity index (χ1v) is 11.7. The Kier molecular flexibility index (Phi) is 7.24. The summed E-state index contributed by atoms with van der Waals surface area (Å²) in [6, 6.07) is 19.8. The Bertz CT molecular complexity index is 1330. The average Bonchev–Trinajstić information content (AvgIpc) is 3.01. The maximum Gasteiger partial charge on any atom is 0.278 e. The molecule has 1 aliphatic rings. The van der Waals surface area contributed by atoms with E-state index in [0.29, 0.717) is 16.1 Å². The van der Waals surface area contributed by atoms with Crippen LogP contribution in [0.15, 0.2) is 77.5 Å². The molecule has 3 aromatic rings. The molecule has 0 saturated carbocycles. The summed E-state index contributed by atoms with van der Waals surface area (Å²) in [5.74, 6) is -1.30. The van der Waals surface area contributed by atoms with Gasteiger partial charge in [0.05, 0.1) is 6.54 Å². The van der Waals surface area contributed by atoms with Crippen molar-refractivity contribution in [3.05, 3.63) is 110 Å². The highest BCUT2D eigenvalue weighted by molar-refractivity contribution is 6.47. The van der Waals surface area contributed by atoms with Crippen molar-refractivity contribution in [2.45, 2.75) is 26.9 Å². The molecule has 6 nitrogen and oxygen atoms in total. The van der Waals surface area contributed by atoms with Gasteiger partial charge in [-0.05, 0) is 66.4 Å². The van der Waals surface area contributed by atoms with Gasteiger partial charge in [0.15, 0.2) is 0 Å². The molecule has 0 atom stereocenters. The van der Waals surface area contributed by atoms with Crippen molar-refractivity contribution in [2.24, 2.45) is 0 Å². The van der Waals surface area contributed by atoms with Gasteiger partial charge in [-0.2, -0.15) is 0 Å². The molecule has 3 aromatic carbocycles. The second kappa shape index (κ2) is 10.3. The summed E-state index contributed by atoms with van der Waals surface area (Å²) in [6.07, 6.45) is 0. The van der Waals surface area contributed by atoms with E-state index in [-0.39, 0.29) is 29.7 Å². The lowest BCUT2D eigenvalue weighted by Crippen LogP contribution is -2.33. The zero-order valence-electron chi connectivity index (χ0n) is 19.2. The summed E-state index contributed by atoms with van der Waals surface area (Å²) in [5.41, 5.74) is 4.89. The van der Waals surface area contributed by atoms with E-state index < -0.39 is 11.8 Å². The van der Waals surface area contributed by atoms with Crippen LogP contribution in [0.1, 0.15) is 32.6 Å². The zero-order chi connectivity index (χ0) is 25.1. The minimum atomic E-state index is -0.572. The fraction of sp³-hybridized carbons (Fsp3) is 0.148. The highest BCUT2D eigenvalue weighted by atomic mass is 35.5. The Morgan fingerprint density at radius 2 is 1.54 bits per heavy atom. The molecule has 0 aromatic heterocycles. The Morgan fingerprint density at radius 1 is 0.886 bits per heavy atom. The number of hydrogen-bond acceptors (Lipinski definition) is 4. The smallest absolute Gasteiger partial charge is 0.278 e. The SMILES string of the molecule is Cc1cc(C)cc(NC(=O)c2ccc(CNC3=C(Cl)C(=O)N(Cc4ccccc4Cl)C3=O)cc2)c1. The van der Waals surface area contributed by atoms with Crippen LogP contribution in [0.25, 0.3) is 0 Å². The molecule has 0 spiro atoms. The normalized spacial score (nSPS) is 13.4. The minimum absolute atomic E-state index is 0.0308. The molecular weight excluding hydrogens is 485 g/mol. The molecule has 0 saturated heterocycles. The fourth-order valence-corrected chi connectivity index (χ4v) is 4.30. The summed E-state index contributed by atoms with van der Waals surface area (Å²) in [5, 5.41) is 6.17. The third-order valence-corrected chi connectivity index (χ3v) is 6.28. The number of hydrogen-bond donors (Lipinski definition) is 2. The van der Waals surface area contributed by atoms with Gasteiger partial charge in [-0.15, -0.1) is 0 Å². The number of anilines is 1. The minimum Gasteiger partial charge on any atom is -0.375 e. The molecule has 3 amide bonds. The van der Waals surface area contributed by atoms with Crippen molar-refractivity contribution in [1.82, 2.24) is 10.2 Å². The van der Waals surface area contributed by atoms with Crippen LogP contribution < -0.4 is 10.6 Å². The zero-order valence-corrected chi connectivity index (χ0v) is 20.7. The number of carbonyl (C=O) groups excluding carboxylic acids is 3. The highest BCUT2D eigenvalue weighted by Crippen LogP contribution is 2.26. The average molecular weight is 508 g/mol. The van der Waals surface area contributed by atoms with E-state index in [0.717, 1.165) is 27.3 Å². The van der Waals surface area contributed by atoms with Crippen molar-refractivity contribution < 1.29 is 14.4 Å². The predicted octanol–water partition coefficient (Wildman–Crippen LogP) is 5.32. The van der Waals surface area contributed by atoms with Gasteiger partial charge in [0.2, 0.25) is 0 Å². The van der Waals surface area contributed by atoms with Crippen LogP contribution in [-0.2, 0) is 22.7 Å². The fourth-order valence-electron chi connectivity index (χ4n) is 3.85. The van der Waals surface area contributed by atoms with Crippen LogP contribution in [0.4, 0.5) is 5.69 Å². The van der Waals surface area contributed by atoms with Gasteiger partial charge in [-0.25, -0.2) is 0 Å². The molecule has 2 N–H and O–H groups in total. The molecule has 0 aliphatic carbocycles. The van der Waals surface area contributed by atoms with Gasteiger partial charge in [-0.1, -0.05) is 59.6 Å². The van der Waals surface area contributed by atoms with Gasteiger partial charge in [0, 0.05) is 22.8 Å². The summed E-state index contributed by atoms with van der Waals surface area (Å²) < 4.78 is 0. The number of nitrogens with zero attached hydrogens (tertiary/aromatic N) is 1. The number of halogens is 2. The highest BCUT2D eigenvalue weighted by Gasteiger charge is 2.37. The number of imide groups is 1. The van der Waals surface area contributed by atoms with E-state index in [1.165, 1.54) is 0 Å². The Balaban J connectivity index is 1.38. The van der Waals surface area contributed by atoms with E-state index in [1.807, 2.05) is 32.0 Å². The first-order valence-electron chi connectivity index (χ1n) is 10.9. The monoisotopic (exact) mass is 507 g/mol. The van der Waals surface area contributed by atoms with Gasteiger partial charge in [0.25, 0.3) is 17.7 Å². The number of nitrogens with one attached hydrogen (secondary N) is 2. The Hall–Kier alpha value is -3.61. The van der Waals surface area contributed by atoms with E-state index in [1.54, 1.807) is 48.5 Å². The maximum absolute atomic E-state index is 12.8. The Labute approximate surface area is 213 Å². The van der Waals surface area contributed by atoms with E-state index in [4.69, 9.17) is 23.2 Å². The summed E-state index contributed by atoms with van der Waals surface area (Å²) in [6.45, 7) is 4.24. The molecule has 0 bridgehead atoms. The third-order valence-electron chi connectivity index (χ3n) is 5.56. The summed E-state index contributed by atoms with van der Waals surface area (Å²) in [7, 11) is 0. The molecule has 0 fully saturated rings. The largest absolute Gasteiger partial charge is 0.375 e. The molecule has 1 aliphatic heterocycles. The van der Waals surface area contributed by atoms with Gasteiger partial charge in [0.1, 0.15) is 10.7 Å².